The second-order valence-electron chi connectivity index (χ2n) is 4.70. The summed E-state index contributed by atoms with van der Waals surface area (Å²) in [6.45, 7) is 2.29. The number of piperidine rings is 1. The Bertz CT molecular complexity index is 442. The van der Waals surface area contributed by atoms with Gasteiger partial charge in [0, 0.05) is 18.7 Å². The van der Waals surface area contributed by atoms with E-state index in [1.807, 2.05) is 4.90 Å². The topological polar surface area (TPSA) is 72.3 Å². The van der Waals surface area contributed by atoms with Gasteiger partial charge >= 0.3 is 0 Å². The van der Waals surface area contributed by atoms with Gasteiger partial charge < -0.3 is 16.4 Å². The molecule has 0 atom stereocenters. The third kappa shape index (κ3) is 2.61. The highest BCUT2D eigenvalue weighted by Gasteiger charge is 2.20. The number of halogens is 1. The quantitative estimate of drug-likeness (QED) is 0.845. The number of carbonyl (C=O) groups is 1. The van der Waals surface area contributed by atoms with E-state index in [-0.39, 0.29) is 5.56 Å². The molecule has 4 N–H and O–H groups in total. The molecule has 1 aromatic carbocycles. The summed E-state index contributed by atoms with van der Waals surface area (Å²) in [5.41, 5.74) is 11.5. The van der Waals surface area contributed by atoms with Gasteiger partial charge in [0.25, 0.3) is 0 Å². The summed E-state index contributed by atoms with van der Waals surface area (Å²) in [5.74, 6) is -0.464. The zero-order valence-corrected chi connectivity index (χ0v) is 10.2. The molecule has 5 heteroatoms. The van der Waals surface area contributed by atoms with Crippen LogP contribution in [0.5, 0.6) is 0 Å². The first-order chi connectivity index (χ1) is 8.61. The summed E-state index contributed by atoms with van der Waals surface area (Å²) in [6, 6.07) is 4.39. The standard InChI is InChI=1S/C13H18FN3O/c14-11-7-10(13(16)18)1-2-12(11)17-5-3-9(8-15)4-6-17/h1-2,7,9H,3-6,8,15H2,(H2,16,18). The summed E-state index contributed by atoms with van der Waals surface area (Å²) in [7, 11) is 0. The summed E-state index contributed by atoms with van der Waals surface area (Å²) in [5, 5.41) is 0. The number of nitrogens with two attached hydrogens (primary N) is 2. The van der Waals surface area contributed by atoms with E-state index in [0.29, 0.717) is 18.2 Å². The Morgan fingerprint density at radius 1 is 1.39 bits per heavy atom. The predicted octanol–water partition coefficient (Wildman–Crippen LogP) is 1.10. The van der Waals surface area contributed by atoms with Crippen molar-refractivity contribution >= 4 is 11.6 Å². The highest BCUT2D eigenvalue weighted by atomic mass is 19.1. The van der Waals surface area contributed by atoms with E-state index in [1.165, 1.54) is 6.07 Å². The van der Waals surface area contributed by atoms with Crippen LogP contribution in [-0.2, 0) is 0 Å². The highest BCUT2D eigenvalue weighted by Crippen LogP contribution is 2.25. The Morgan fingerprint density at radius 2 is 2.06 bits per heavy atom. The van der Waals surface area contributed by atoms with Gasteiger partial charge in [0.1, 0.15) is 5.82 Å². The van der Waals surface area contributed by atoms with Crippen molar-refractivity contribution in [3.05, 3.63) is 29.6 Å². The maximum atomic E-state index is 13.9. The second-order valence-corrected chi connectivity index (χ2v) is 4.70. The van der Waals surface area contributed by atoms with Crippen molar-refractivity contribution in [2.75, 3.05) is 24.5 Å². The molecule has 0 unspecified atom stereocenters. The number of carbonyl (C=O) groups excluding carboxylic acids is 1. The van der Waals surface area contributed by atoms with Gasteiger partial charge in [-0.25, -0.2) is 4.39 Å². The van der Waals surface area contributed by atoms with Crippen molar-refractivity contribution in [2.45, 2.75) is 12.8 Å². The first-order valence-electron chi connectivity index (χ1n) is 6.16. The normalized spacial score (nSPS) is 16.9. The van der Waals surface area contributed by atoms with E-state index in [1.54, 1.807) is 12.1 Å². The van der Waals surface area contributed by atoms with Crippen LogP contribution < -0.4 is 16.4 Å². The number of nitrogens with zero attached hydrogens (tertiary/aromatic N) is 1. The first kappa shape index (κ1) is 12.8. The molecule has 2 rings (SSSR count). The lowest BCUT2D eigenvalue weighted by molar-refractivity contribution is 0.1000. The Morgan fingerprint density at radius 3 is 2.56 bits per heavy atom. The van der Waals surface area contributed by atoms with Crippen LogP contribution in [0.4, 0.5) is 10.1 Å². The van der Waals surface area contributed by atoms with Crippen molar-refractivity contribution in [1.82, 2.24) is 0 Å². The molecule has 18 heavy (non-hydrogen) atoms. The van der Waals surface area contributed by atoms with E-state index in [2.05, 4.69) is 0 Å². The van der Waals surface area contributed by atoms with Crippen LogP contribution in [-0.4, -0.2) is 25.5 Å². The summed E-state index contributed by atoms with van der Waals surface area (Å²) < 4.78 is 13.9. The molecule has 0 radical (unpaired) electrons. The second kappa shape index (κ2) is 5.35. The minimum absolute atomic E-state index is 0.202. The van der Waals surface area contributed by atoms with Crippen LogP contribution >= 0.6 is 0 Å². The summed E-state index contributed by atoms with van der Waals surface area (Å²) in [6.07, 6.45) is 1.96. The molecule has 0 aliphatic carbocycles. The Kier molecular flexibility index (Phi) is 3.81. The molecule has 0 bridgehead atoms. The number of hydrogen-bond acceptors (Lipinski definition) is 3. The maximum absolute atomic E-state index is 13.9. The molecule has 1 saturated heterocycles. The minimum atomic E-state index is -0.609. The largest absolute Gasteiger partial charge is 0.369 e. The average molecular weight is 251 g/mol. The van der Waals surface area contributed by atoms with Gasteiger partial charge in [0.2, 0.25) is 5.91 Å². The van der Waals surface area contributed by atoms with Crippen molar-refractivity contribution in [3.8, 4) is 0 Å². The van der Waals surface area contributed by atoms with Gasteiger partial charge in [-0.1, -0.05) is 0 Å². The van der Waals surface area contributed by atoms with E-state index in [0.717, 1.165) is 25.9 Å². The van der Waals surface area contributed by atoms with Gasteiger partial charge in [0.15, 0.2) is 0 Å². The van der Waals surface area contributed by atoms with Gasteiger partial charge in [0.05, 0.1) is 5.69 Å². The fourth-order valence-electron chi connectivity index (χ4n) is 2.33. The van der Waals surface area contributed by atoms with Gasteiger partial charge in [-0.15, -0.1) is 0 Å². The van der Waals surface area contributed by atoms with Crippen LogP contribution in [0.2, 0.25) is 0 Å². The Labute approximate surface area is 106 Å². The van der Waals surface area contributed by atoms with Crippen LogP contribution in [0.3, 0.4) is 0 Å². The first-order valence-corrected chi connectivity index (χ1v) is 6.16. The van der Waals surface area contributed by atoms with Crippen LogP contribution in [0.15, 0.2) is 18.2 Å². The minimum Gasteiger partial charge on any atom is -0.369 e. The molecule has 0 aromatic heterocycles. The maximum Gasteiger partial charge on any atom is 0.248 e. The molecule has 1 aromatic rings. The molecule has 1 aliphatic heterocycles. The number of amides is 1. The predicted molar refractivity (Wildman–Crippen MR) is 68.9 cm³/mol. The number of anilines is 1. The van der Waals surface area contributed by atoms with Crippen molar-refractivity contribution < 1.29 is 9.18 Å². The van der Waals surface area contributed by atoms with E-state index >= 15 is 0 Å². The molecule has 0 spiro atoms. The van der Waals surface area contributed by atoms with E-state index in [4.69, 9.17) is 11.5 Å². The monoisotopic (exact) mass is 251 g/mol. The molecule has 1 heterocycles. The molecule has 1 amide bonds. The lowest BCUT2D eigenvalue weighted by atomic mass is 9.96. The SMILES string of the molecule is NCC1CCN(c2ccc(C(N)=O)cc2F)CC1. The van der Waals surface area contributed by atoms with Gasteiger partial charge in [-0.2, -0.15) is 0 Å². The lowest BCUT2D eigenvalue weighted by Gasteiger charge is -2.33. The molecular weight excluding hydrogens is 233 g/mol. The van der Waals surface area contributed by atoms with Crippen LogP contribution in [0.25, 0.3) is 0 Å². The van der Waals surface area contributed by atoms with Crippen molar-refractivity contribution in [2.24, 2.45) is 17.4 Å². The third-order valence-electron chi connectivity index (χ3n) is 3.52. The zero-order chi connectivity index (χ0) is 13.1. The van der Waals surface area contributed by atoms with Crippen LogP contribution in [0.1, 0.15) is 23.2 Å². The van der Waals surface area contributed by atoms with Gasteiger partial charge in [-0.3, -0.25) is 4.79 Å². The van der Waals surface area contributed by atoms with E-state index < -0.39 is 11.7 Å². The highest BCUT2D eigenvalue weighted by molar-refractivity contribution is 5.93. The fourth-order valence-corrected chi connectivity index (χ4v) is 2.33. The molecule has 0 saturated carbocycles. The Hall–Kier alpha value is -1.62. The molecule has 98 valence electrons. The molecule has 1 aliphatic rings. The third-order valence-corrected chi connectivity index (χ3v) is 3.52. The van der Waals surface area contributed by atoms with Gasteiger partial charge in [-0.05, 0) is 43.5 Å². The zero-order valence-electron chi connectivity index (χ0n) is 10.2. The lowest BCUT2D eigenvalue weighted by Crippen LogP contribution is -2.36. The van der Waals surface area contributed by atoms with Crippen LogP contribution in [0, 0.1) is 11.7 Å². The Balaban J connectivity index is 2.12. The number of rotatable bonds is 3. The van der Waals surface area contributed by atoms with Crippen molar-refractivity contribution in [3.63, 3.8) is 0 Å². The summed E-state index contributed by atoms with van der Waals surface area (Å²) >= 11 is 0. The fraction of sp³-hybridized carbons (Fsp3) is 0.462. The number of primary amides is 1. The molecule has 4 nitrogen and oxygen atoms in total. The number of hydrogen-bond donors (Lipinski definition) is 2. The molecular formula is C13H18FN3O. The van der Waals surface area contributed by atoms with Crippen molar-refractivity contribution in [1.29, 1.82) is 0 Å². The molecule has 1 fully saturated rings. The summed E-state index contributed by atoms with van der Waals surface area (Å²) in [4.78, 5) is 12.9. The number of benzene rings is 1. The van der Waals surface area contributed by atoms with E-state index in [9.17, 15) is 9.18 Å². The smallest absolute Gasteiger partial charge is 0.248 e. The average Bonchev–Trinajstić information content (AvgIpc) is 2.38.